The van der Waals surface area contributed by atoms with Crippen molar-refractivity contribution in [1.82, 2.24) is 0 Å². The van der Waals surface area contributed by atoms with Gasteiger partial charge in [0.1, 0.15) is 6.10 Å². The zero-order valence-electron chi connectivity index (χ0n) is 14.7. The van der Waals surface area contributed by atoms with Gasteiger partial charge in [-0.15, -0.1) is 0 Å². The average Bonchev–Trinajstić information content (AvgIpc) is 2.51. The summed E-state index contributed by atoms with van der Waals surface area (Å²) >= 11 is 0. The van der Waals surface area contributed by atoms with Gasteiger partial charge < -0.3 is 14.9 Å². The zero-order chi connectivity index (χ0) is 18.1. The number of hydrogen-bond donors (Lipinski definition) is 2. The topological polar surface area (TPSA) is 83.8 Å². The van der Waals surface area contributed by atoms with Crippen LogP contribution in [-0.2, 0) is 14.3 Å². The molecule has 0 bridgehead atoms. The fourth-order valence-electron chi connectivity index (χ4n) is 2.76. The smallest absolute Gasteiger partial charge is 0.338 e. The van der Waals surface area contributed by atoms with Gasteiger partial charge in [0, 0.05) is 6.08 Å². The van der Waals surface area contributed by atoms with Crippen molar-refractivity contribution in [3.05, 3.63) is 35.5 Å². The second kappa shape index (κ2) is 10.1. The number of unbranched alkanes of at least 4 members (excludes halogenated alkanes) is 3. The van der Waals surface area contributed by atoms with Crippen LogP contribution in [0.2, 0.25) is 0 Å². The Labute approximate surface area is 143 Å². The largest absolute Gasteiger partial charge is 0.478 e. The number of carboxylic acid groups (broad SMARTS) is 1. The molecule has 0 amide bonds. The van der Waals surface area contributed by atoms with E-state index < -0.39 is 24.1 Å². The molecule has 0 aromatic heterocycles. The molecule has 0 radical (unpaired) electrons. The number of esters is 1. The molecule has 0 aromatic rings. The van der Waals surface area contributed by atoms with Gasteiger partial charge in [0.05, 0.1) is 5.57 Å². The van der Waals surface area contributed by atoms with Crippen molar-refractivity contribution >= 4 is 11.9 Å². The lowest BCUT2D eigenvalue weighted by molar-refractivity contribution is -0.147. The third kappa shape index (κ3) is 6.71. The van der Waals surface area contributed by atoms with E-state index in [4.69, 9.17) is 9.84 Å². The molecule has 1 rings (SSSR count). The maximum absolute atomic E-state index is 11.9. The number of allylic oxidation sites excluding steroid dienone is 1. The summed E-state index contributed by atoms with van der Waals surface area (Å²) in [5.74, 6) is -1.43. The zero-order valence-corrected chi connectivity index (χ0v) is 14.7. The van der Waals surface area contributed by atoms with Gasteiger partial charge in [0.2, 0.25) is 0 Å². The molecule has 5 heteroatoms. The molecule has 3 atom stereocenters. The van der Waals surface area contributed by atoms with E-state index in [0.717, 1.165) is 30.6 Å². The van der Waals surface area contributed by atoms with Crippen molar-refractivity contribution in [3.63, 3.8) is 0 Å². The van der Waals surface area contributed by atoms with Crippen molar-refractivity contribution in [3.8, 4) is 0 Å². The Morgan fingerprint density at radius 1 is 1.38 bits per heavy atom. The van der Waals surface area contributed by atoms with Crippen LogP contribution in [-0.4, -0.2) is 34.4 Å². The van der Waals surface area contributed by atoms with Crippen molar-refractivity contribution in [1.29, 1.82) is 0 Å². The molecule has 5 nitrogen and oxygen atoms in total. The standard InChI is InChI=1S/C19H28O5/c1-4-5-6-7-8-13(2)11-14(3)18-16(20)12-15(19(23)24-18)9-10-17(21)22/h9-13,16,18,20H,4-8H2,1-3H3,(H,21,22)/t13-,16+,18-/m1/s1. The predicted octanol–water partition coefficient (Wildman–Crippen LogP) is 3.39. The number of rotatable bonds is 9. The summed E-state index contributed by atoms with van der Waals surface area (Å²) in [4.78, 5) is 22.4. The van der Waals surface area contributed by atoms with E-state index in [2.05, 4.69) is 13.8 Å². The summed E-state index contributed by atoms with van der Waals surface area (Å²) in [6.07, 6.45) is 9.59. The lowest BCUT2D eigenvalue weighted by Crippen LogP contribution is -2.36. The minimum atomic E-state index is -1.16. The third-order valence-electron chi connectivity index (χ3n) is 4.04. The number of aliphatic hydroxyl groups excluding tert-OH is 1. The highest BCUT2D eigenvalue weighted by Gasteiger charge is 2.30. The number of aliphatic hydroxyl groups is 1. The Kier molecular flexibility index (Phi) is 8.47. The van der Waals surface area contributed by atoms with E-state index in [9.17, 15) is 14.7 Å². The normalized spacial score (nSPS) is 23.1. The second-order valence-electron chi connectivity index (χ2n) is 6.35. The highest BCUT2D eigenvalue weighted by Crippen LogP contribution is 2.23. The van der Waals surface area contributed by atoms with Gasteiger partial charge in [0.25, 0.3) is 0 Å². The first-order chi connectivity index (χ1) is 11.3. The Bertz CT molecular complexity index is 530. The molecule has 0 unspecified atom stereocenters. The van der Waals surface area contributed by atoms with Crippen molar-refractivity contribution in [2.45, 2.75) is 65.1 Å². The highest BCUT2D eigenvalue weighted by molar-refractivity contribution is 5.94. The van der Waals surface area contributed by atoms with E-state index in [-0.39, 0.29) is 5.57 Å². The minimum Gasteiger partial charge on any atom is -0.478 e. The van der Waals surface area contributed by atoms with Gasteiger partial charge >= 0.3 is 11.9 Å². The molecule has 0 fully saturated rings. The minimum absolute atomic E-state index is 0.0570. The predicted molar refractivity (Wildman–Crippen MR) is 92.4 cm³/mol. The lowest BCUT2D eigenvalue weighted by Gasteiger charge is -2.27. The summed E-state index contributed by atoms with van der Waals surface area (Å²) in [6, 6.07) is 0. The number of carbonyl (C=O) groups excluding carboxylic acids is 1. The first kappa shape index (κ1) is 20.2. The summed E-state index contributed by atoms with van der Waals surface area (Å²) < 4.78 is 5.28. The van der Waals surface area contributed by atoms with E-state index in [1.54, 1.807) is 0 Å². The molecule has 2 N–H and O–H groups in total. The molecule has 0 aromatic carbocycles. The van der Waals surface area contributed by atoms with Crippen molar-refractivity contribution < 1.29 is 24.5 Å². The number of cyclic esters (lactones) is 1. The molecular formula is C19H28O5. The number of hydrogen-bond acceptors (Lipinski definition) is 4. The van der Waals surface area contributed by atoms with Crippen molar-refractivity contribution in [2.24, 2.45) is 5.92 Å². The Morgan fingerprint density at radius 3 is 2.71 bits per heavy atom. The van der Waals surface area contributed by atoms with Crippen LogP contribution in [0.1, 0.15) is 52.9 Å². The quantitative estimate of drug-likeness (QED) is 0.292. The van der Waals surface area contributed by atoms with Crippen LogP contribution in [0.4, 0.5) is 0 Å². The Hall–Kier alpha value is -1.88. The van der Waals surface area contributed by atoms with E-state index in [1.165, 1.54) is 25.3 Å². The highest BCUT2D eigenvalue weighted by atomic mass is 16.6. The molecular weight excluding hydrogens is 308 g/mol. The van der Waals surface area contributed by atoms with Gasteiger partial charge in [0.15, 0.2) is 6.10 Å². The van der Waals surface area contributed by atoms with E-state index in [1.807, 2.05) is 13.0 Å². The van der Waals surface area contributed by atoms with Crippen LogP contribution in [0.5, 0.6) is 0 Å². The van der Waals surface area contributed by atoms with Crippen LogP contribution in [0.15, 0.2) is 35.5 Å². The molecule has 0 saturated carbocycles. The van der Waals surface area contributed by atoms with Gasteiger partial charge in [-0.25, -0.2) is 9.59 Å². The maximum atomic E-state index is 11.9. The SMILES string of the molecule is CCCCCC[C@@H](C)C=C(C)[C@H]1OC(=O)C(C=CC(=O)O)=C[C@@H]1O. The first-order valence-corrected chi connectivity index (χ1v) is 8.55. The summed E-state index contributed by atoms with van der Waals surface area (Å²) in [7, 11) is 0. The molecule has 1 heterocycles. The summed E-state index contributed by atoms with van der Waals surface area (Å²) in [5, 5.41) is 18.8. The second-order valence-corrected chi connectivity index (χ2v) is 6.35. The number of aliphatic carboxylic acids is 1. The molecule has 0 spiro atoms. The van der Waals surface area contributed by atoms with Crippen LogP contribution >= 0.6 is 0 Å². The fourth-order valence-corrected chi connectivity index (χ4v) is 2.76. The average molecular weight is 336 g/mol. The number of carbonyl (C=O) groups is 2. The van der Waals surface area contributed by atoms with Gasteiger partial charge in [-0.2, -0.15) is 0 Å². The van der Waals surface area contributed by atoms with Gasteiger partial charge in [-0.3, -0.25) is 0 Å². The fraction of sp³-hybridized carbons (Fsp3) is 0.579. The van der Waals surface area contributed by atoms with Crippen LogP contribution in [0, 0.1) is 5.92 Å². The maximum Gasteiger partial charge on any atom is 0.338 e. The Balaban J connectivity index is 2.68. The molecule has 1 aliphatic heterocycles. The Morgan fingerprint density at radius 2 is 2.08 bits per heavy atom. The van der Waals surface area contributed by atoms with Gasteiger partial charge in [-0.1, -0.05) is 45.6 Å². The molecule has 0 aliphatic carbocycles. The van der Waals surface area contributed by atoms with E-state index in [0.29, 0.717) is 5.92 Å². The molecule has 1 aliphatic rings. The number of ether oxygens (including phenoxy) is 1. The third-order valence-corrected chi connectivity index (χ3v) is 4.04. The van der Waals surface area contributed by atoms with Crippen LogP contribution in [0.3, 0.4) is 0 Å². The summed E-state index contributed by atoms with van der Waals surface area (Å²) in [5.41, 5.74) is 0.873. The molecule has 24 heavy (non-hydrogen) atoms. The number of carboxylic acids is 1. The van der Waals surface area contributed by atoms with Crippen LogP contribution < -0.4 is 0 Å². The molecule has 0 saturated heterocycles. The molecule has 134 valence electrons. The first-order valence-electron chi connectivity index (χ1n) is 8.55. The lowest BCUT2D eigenvalue weighted by atomic mass is 9.95. The van der Waals surface area contributed by atoms with E-state index >= 15 is 0 Å². The summed E-state index contributed by atoms with van der Waals surface area (Å²) in [6.45, 7) is 6.14. The van der Waals surface area contributed by atoms with Crippen molar-refractivity contribution in [2.75, 3.05) is 0 Å². The monoisotopic (exact) mass is 336 g/mol. The van der Waals surface area contributed by atoms with Gasteiger partial charge in [-0.05, 0) is 37.0 Å². The van der Waals surface area contributed by atoms with Crippen LogP contribution in [0.25, 0.3) is 0 Å².